The second-order valence-electron chi connectivity index (χ2n) is 6.56. The van der Waals surface area contributed by atoms with E-state index in [0.717, 1.165) is 0 Å². The average Bonchev–Trinajstić information content (AvgIpc) is 2.72. The number of aliphatic carboxylic acids is 1. The molecule has 0 aliphatic carbocycles. The maximum atomic E-state index is 12.7. The van der Waals surface area contributed by atoms with E-state index >= 15 is 0 Å². The van der Waals surface area contributed by atoms with Crippen molar-refractivity contribution in [2.75, 3.05) is 31.8 Å². The second kappa shape index (κ2) is 15.8. The molecule has 13 heteroatoms. The Morgan fingerprint density at radius 3 is 1.87 bits per heavy atom. The summed E-state index contributed by atoms with van der Waals surface area (Å²) in [6, 6.07) is -4.79. The van der Waals surface area contributed by atoms with Crippen molar-refractivity contribution in [3.8, 4) is 0 Å². The number of nitrogens with two attached hydrogens (primary N) is 2. The van der Waals surface area contributed by atoms with E-state index in [1.807, 2.05) is 0 Å². The number of carboxylic acid groups (broad SMARTS) is 1. The lowest BCUT2D eigenvalue weighted by molar-refractivity contribution is -0.143. The van der Waals surface area contributed by atoms with Crippen LogP contribution in [-0.4, -0.2) is 94.9 Å². The van der Waals surface area contributed by atoms with E-state index in [1.54, 1.807) is 6.26 Å². The van der Waals surface area contributed by atoms with Crippen molar-refractivity contribution in [1.82, 2.24) is 16.0 Å². The van der Waals surface area contributed by atoms with Crippen molar-refractivity contribution >= 4 is 35.5 Å². The van der Waals surface area contributed by atoms with Gasteiger partial charge in [-0.05, 0) is 44.2 Å². The first kappa shape index (κ1) is 28.1. The minimum absolute atomic E-state index is 0.204. The highest BCUT2D eigenvalue weighted by Gasteiger charge is 2.29. The molecule has 0 rings (SSSR count). The summed E-state index contributed by atoms with van der Waals surface area (Å²) in [6.45, 7) is -1.00. The molecule has 4 unspecified atom stereocenters. The van der Waals surface area contributed by atoms with Gasteiger partial charge in [0, 0.05) is 0 Å². The van der Waals surface area contributed by atoms with Gasteiger partial charge in [0.05, 0.1) is 13.2 Å². The monoisotopic (exact) mass is 451 g/mol. The number of thioether (sulfide) groups is 1. The molecule has 0 heterocycles. The van der Waals surface area contributed by atoms with E-state index in [9.17, 15) is 19.2 Å². The molecule has 0 spiro atoms. The zero-order valence-corrected chi connectivity index (χ0v) is 17.8. The molecule has 0 bridgehead atoms. The van der Waals surface area contributed by atoms with Crippen LogP contribution in [0.5, 0.6) is 0 Å². The van der Waals surface area contributed by atoms with Gasteiger partial charge in [-0.2, -0.15) is 11.8 Å². The van der Waals surface area contributed by atoms with E-state index < -0.39 is 61.1 Å². The quantitative estimate of drug-likeness (QED) is 0.109. The Bertz CT molecular complexity index is 567. The third-order valence-corrected chi connectivity index (χ3v) is 4.80. The van der Waals surface area contributed by atoms with Crippen LogP contribution >= 0.6 is 11.8 Å². The summed E-state index contributed by atoms with van der Waals surface area (Å²) in [7, 11) is 0. The normalized spacial score (nSPS) is 14.8. The van der Waals surface area contributed by atoms with Crippen LogP contribution in [0.1, 0.15) is 25.7 Å². The van der Waals surface area contributed by atoms with Gasteiger partial charge < -0.3 is 42.7 Å². The summed E-state index contributed by atoms with van der Waals surface area (Å²) in [5, 5.41) is 34.2. The first-order chi connectivity index (χ1) is 14.2. The molecule has 10 N–H and O–H groups in total. The first-order valence-corrected chi connectivity index (χ1v) is 10.9. The number of nitrogens with one attached hydrogen (secondary N) is 3. The minimum Gasteiger partial charge on any atom is -0.480 e. The molecule has 3 amide bonds. The SMILES string of the molecule is CSCCC(NC(=O)C(CCCCN)NC(=O)C(N)CO)C(=O)NC(CO)C(=O)O. The number of aliphatic hydroxyl groups excluding tert-OH is 2. The molecule has 0 aromatic heterocycles. The van der Waals surface area contributed by atoms with Crippen LogP contribution in [0.3, 0.4) is 0 Å². The van der Waals surface area contributed by atoms with E-state index in [1.165, 1.54) is 11.8 Å². The van der Waals surface area contributed by atoms with Gasteiger partial charge in [-0.25, -0.2) is 4.79 Å². The molecule has 0 aliphatic heterocycles. The van der Waals surface area contributed by atoms with Crippen molar-refractivity contribution < 1.29 is 34.5 Å². The Kier molecular flexibility index (Phi) is 14.8. The smallest absolute Gasteiger partial charge is 0.328 e. The molecule has 0 aromatic rings. The molecule has 0 saturated carbocycles. The van der Waals surface area contributed by atoms with Gasteiger partial charge in [0.1, 0.15) is 24.2 Å². The van der Waals surface area contributed by atoms with Crippen LogP contribution in [0.4, 0.5) is 0 Å². The maximum absolute atomic E-state index is 12.7. The lowest BCUT2D eigenvalue weighted by Gasteiger charge is -2.24. The third-order valence-electron chi connectivity index (χ3n) is 4.15. The van der Waals surface area contributed by atoms with Gasteiger partial charge in [0.2, 0.25) is 17.7 Å². The highest BCUT2D eigenvalue weighted by molar-refractivity contribution is 7.98. The predicted octanol–water partition coefficient (Wildman–Crippen LogP) is -3.28. The van der Waals surface area contributed by atoms with Crippen LogP contribution in [0.2, 0.25) is 0 Å². The van der Waals surface area contributed by atoms with Gasteiger partial charge in [-0.15, -0.1) is 0 Å². The lowest BCUT2D eigenvalue weighted by Crippen LogP contribution is -2.57. The molecule has 0 aromatic carbocycles. The van der Waals surface area contributed by atoms with Gasteiger partial charge in [0.25, 0.3) is 0 Å². The predicted molar refractivity (Wildman–Crippen MR) is 111 cm³/mol. The molecule has 12 nitrogen and oxygen atoms in total. The fourth-order valence-electron chi connectivity index (χ4n) is 2.36. The zero-order chi connectivity index (χ0) is 23.1. The van der Waals surface area contributed by atoms with Crippen molar-refractivity contribution in [2.45, 2.75) is 49.9 Å². The standard InChI is InChI=1S/C17H33N5O7S/c1-30-7-5-12(16(27)22-13(9-24)17(28)29)21-15(26)11(4-2-3-6-18)20-14(25)10(19)8-23/h10-13,23-24H,2-9,18-19H2,1H3,(H,20,25)(H,21,26)(H,22,27)(H,28,29). The highest BCUT2D eigenvalue weighted by atomic mass is 32.2. The Labute approximate surface area is 179 Å². The summed E-state index contributed by atoms with van der Waals surface area (Å²) < 4.78 is 0. The number of carbonyl (C=O) groups excluding carboxylic acids is 3. The number of unbranched alkanes of at least 4 members (excludes halogenated alkanes) is 1. The van der Waals surface area contributed by atoms with Crippen LogP contribution < -0.4 is 27.4 Å². The molecular weight excluding hydrogens is 418 g/mol. The topological polar surface area (TPSA) is 217 Å². The summed E-state index contributed by atoms with van der Waals surface area (Å²) in [4.78, 5) is 48.2. The van der Waals surface area contributed by atoms with E-state index in [4.69, 9.17) is 26.8 Å². The summed E-state index contributed by atoms with van der Waals surface area (Å²) in [6.07, 6.45) is 3.38. The number of carboxylic acids is 1. The molecule has 4 atom stereocenters. The van der Waals surface area contributed by atoms with Crippen LogP contribution in [0.25, 0.3) is 0 Å². The highest BCUT2D eigenvalue weighted by Crippen LogP contribution is 2.06. The average molecular weight is 452 g/mol. The molecular formula is C17H33N5O7S. The molecule has 0 fully saturated rings. The number of hydrogen-bond donors (Lipinski definition) is 8. The Morgan fingerprint density at radius 1 is 0.867 bits per heavy atom. The van der Waals surface area contributed by atoms with Crippen molar-refractivity contribution in [2.24, 2.45) is 11.5 Å². The number of carbonyl (C=O) groups is 4. The van der Waals surface area contributed by atoms with E-state index in [0.29, 0.717) is 25.1 Å². The van der Waals surface area contributed by atoms with Crippen LogP contribution in [0, 0.1) is 0 Å². The van der Waals surface area contributed by atoms with Crippen LogP contribution in [-0.2, 0) is 19.2 Å². The van der Waals surface area contributed by atoms with Gasteiger partial charge >= 0.3 is 5.97 Å². The van der Waals surface area contributed by atoms with Crippen molar-refractivity contribution in [3.63, 3.8) is 0 Å². The lowest BCUT2D eigenvalue weighted by atomic mass is 10.1. The summed E-state index contributed by atoms with van der Waals surface area (Å²) >= 11 is 1.42. The largest absolute Gasteiger partial charge is 0.480 e. The van der Waals surface area contributed by atoms with E-state index in [2.05, 4.69) is 16.0 Å². The van der Waals surface area contributed by atoms with Crippen molar-refractivity contribution in [3.05, 3.63) is 0 Å². The number of hydrogen-bond acceptors (Lipinski definition) is 9. The fourth-order valence-corrected chi connectivity index (χ4v) is 2.83. The van der Waals surface area contributed by atoms with Gasteiger partial charge in [0.15, 0.2) is 0 Å². The fraction of sp³-hybridized carbons (Fsp3) is 0.765. The minimum atomic E-state index is -1.51. The first-order valence-electron chi connectivity index (χ1n) is 9.51. The number of rotatable bonds is 16. The Balaban J connectivity index is 5.29. The third kappa shape index (κ3) is 10.7. The maximum Gasteiger partial charge on any atom is 0.328 e. The second-order valence-corrected chi connectivity index (χ2v) is 7.54. The molecule has 0 saturated heterocycles. The van der Waals surface area contributed by atoms with Crippen LogP contribution in [0.15, 0.2) is 0 Å². The Hall–Kier alpha value is -1.93. The van der Waals surface area contributed by atoms with Crippen molar-refractivity contribution in [1.29, 1.82) is 0 Å². The van der Waals surface area contributed by atoms with E-state index in [-0.39, 0.29) is 12.8 Å². The summed E-state index contributed by atoms with van der Waals surface area (Å²) in [5.41, 5.74) is 10.9. The number of amides is 3. The molecule has 0 aliphatic rings. The summed E-state index contributed by atoms with van der Waals surface area (Å²) in [5.74, 6) is -3.05. The van der Waals surface area contributed by atoms with Gasteiger partial charge in [-0.1, -0.05) is 0 Å². The molecule has 30 heavy (non-hydrogen) atoms. The van der Waals surface area contributed by atoms with Gasteiger partial charge in [-0.3, -0.25) is 14.4 Å². The number of aliphatic hydroxyl groups is 2. The zero-order valence-electron chi connectivity index (χ0n) is 17.0. The molecule has 174 valence electrons. The molecule has 0 radical (unpaired) electrons. The Morgan fingerprint density at radius 2 is 1.40 bits per heavy atom.